The lowest BCUT2D eigenvalue weighted by atomic mass is 9.96. The molecular weight excluding hydrogens is 306 g/mol. The number of carbonyl (C=O) groups excluding carboxylic acids is 1. The molecule has 2 heterocycles. The summed E-state index contributed by atoms with van der Waals surface area (Å²) in [5.41, 5.74) is -0.108. The largest absolute Gasteiger partial charge is 0.348 e. The number of carbonyl (C=O) groups is 1. The number of likely N-dealkylation sites (N-methyl/N-ethyl adjacent to an activating group) is 1. The highest BCUT2D eigenvalue weighted by atomic mass is 16.5. The highest BCUT2D eigenvalue weighted by molar-refractivity contribution is 5.77. The summed E-state index contributed by atoms with van der Waals surface area (Å²) in [5, 5.41) is 4.13. The van der Waals surface area contributed by atoms with Crippen LogP contribution in [-0.4, -0.2) is 77.6 Å². The van der Waals surface area contributed by atoms with E-state index < -0.39 is 0 Å². The van der Waals surface area contributed by atoms with Crippen molar-refractivity contribution in [3.63, 3.8) is 0 Å². The molecule has 24 heavy (non-hydrogen) atoms. The summed E-state index contributed by atoms with van der Waals surface area (Å²) in [6.45, 7) is 12.5. The monoisotopic (exact) mass is 337 g/mol. The molecule has 1 unspecified atom stereocenters. The van der Waals surface area contributed by atoms with Gasteiger partial charge in [0.2, 0.25) is 11.8 Å². The number of amides is 1. The molecule has 1 fully saturated rings. The number of hydrogen-bond acceptors (Lipinski definition) is 6. The third kappa shape index (κ3) is 4.77. The Morgan fingerprint density at radius 3 is 2.54 bits per heavy atom. The Balaban J connectivity index is 1.95. The van der Waals surface area contributed by atoms with Crippen molar-refractivity contribution in [2.75, 3.05) is 46.8 Å². The first-order chi connectivity index (χ1) is 11.2. The smallest absolute Gasteiger partial charge is 0.243 e. The molecule has 1 aliphatic heterocycles. The van der Waals surface area contributed by atoms with Crippen LogP contribution in [0.15, 0.2) is 4.52 Å². The summed E-state index contributed by atoms with van der Waals surface area (Å²) in [7, 11) is 3.60. The molecule has 0 aromatic carbocycles. The Morgan fingerprint density at radius 2 is 1.96 bits per heavy atom. The number of rotatable bonds is 4. The lowest BCUT2D eigenvalue weighted by Gasteiger charge is -2.25. The molecule has 1 amide bonds. The zero-order valence-electron chi connectivity index (χ0n) is 15.9. The van der Waals surface area contributed by atoms with Gasteiger partial charge in [-0.1, -0.05) is 25.9 Å². The van der Waals surface area contributed by atoms with Crippen LogP contribution in [0.1, 0.15) is 51.9 Å². The van der Waals surface area contributed by atoms with Crippen molar-refractivity contribution in [3.05, 3.63) is 11.7 Å². The molecule has 0 radical (unpaired) electrons. The van der Waals surface area contributed by atoms with Gasteiger partial charge in [0.25, 0.3) is 0 Å². The Bertz CT molecular complexity index is 549. The van der Waals surface area contributed by atoms with E-state index in [-0.39, 0.29) is 17.4 Å². The minimum atomic E-state index is -0.108. The van der Waals surface area contributed by atoms with Gasteiger partial charge in [0.1, 0.15) is 0 Å². The topological polar surface area (TPSA) is 65.7 Å². The average Bonchev–Trinajstić information content (AvgIpc) is 2.89. The second-order valence-corrected chi connectivity index (χ2v) is 7.84. The van der Waals surface area contributed by atoms with E-state index in [0.29, 0.717) is 12.4 Å². The third-order valence-corrected chi connectivity index (χ3v) is 4.50. The van der Waals surface area contributed by atoms with Crippen molar-refractivity contribution in [1.29, 1.82) is 0 Å². The van der Waals surface area contributed by atoms with E-state index in [0.717, 1.165) is 38.4 Å². The second-order valence-electron chi connectivity index (χ2n) is 7.84. The van der Waals surface area contributed by atoms with Crippen LogP contribution in [0.25, 0.3) is 0 Å². The van der Waals surface area contributed by atoms with E-state index >= 15 is 0 Å². The maximum absolute atomic E-state index is 11.9. The van der Waals surface area contributed by atoms with E-state index in [1.54, 1.807) is 19.0 Å². The molecule has 1 atom stereocenters. The molecule has 1 aliphatic rings. The molecule has 0 aliphatic carbocycles. The summed E-state index contributed by atoms with van der Waals surface area (Å²) < 4.78 is 5.49. The number of hydrogen-bond donors (Lipinski definition) is 0. The number of nitrogens with zero attached hydrogens (tertiary/aromatic N) is 5. The molecule has 0 saturated carbocycles. The van der Waals surface area contributed by atoms with Gasteiger partial charge in [-0.15, -0.1) is 0 Å². The molecule has 0 bridgehead atoms. The minimum Gasteiger partial charge on any atom is -0.348 e. The van der Waals surface area contributed by atoms with Crippen molar-refractivity contribution in [1.82, 2.24) is 24.8 Å². The number of aromatic nitrogens is 2. The van der Waals surface area contributed by atoms with Crippen LogP contribution in [0.3, 0.4) is 0 Å². The first-order valence-corrected chi connectivity index (χ1v) is 8.69. The zero-order valence-corrected chi connectivity index (χ0v) is 15.9. The first kappa shape index (κ1) is 18.9. The fourth-order valence-electron chi connectivity index (χ4n) is 2.73. The molecule has 7 nitrogen and oxygen atoms in total. The third-order valence-electron chi connectivity index (χ3n) is 4.50. The SMILES string of the molecule is CC(c1nc(C(C)(C)C)no1)N1CCCN(CC(=O)N(C)C)CC1. The summed E-state index contributed by atoms with van der Waals surface area (Å²) in [4.78, 5) is 22.7. The molecular formula is C17H31N5O2. The quantitative estimate of drug-likeness (QED) is 0.830. The van der Waals surface area contributed by atoms with E-state index in [9.17, 15) is 4.79 Å². The Morgan fingerprint density at radius 1 is 1.25 bits per heavy atom. The van der Waals surface area contributed by atoms with Crippen LogP contribution in [0.2, 0.25) is 0 Å². The summed E-state index contributed by atoms with van der Waals surface area (Å²) in [6, 6.07) is 0.0955. The van der Waals surface area contributed by atoms with Crippen LogP contribution in [0, 0.1) is 0 Å². The van der Waals surface area contributed by atoms with Gasteiger partial charge >= 0.3 is 0 Å². The molecule has 1 aromatic heterocycles. The molecule has 2 rings (SSSR count). The molecule has 0 N–H and O–H groups in total. The van der Waals surface area contributed by atoms with Crippen molar-refractivity contribution in [2.24, 2.45) is 0 Å². The van der Waals surface area contributed by atoms with Crippen LogP contribution < -0.4 is 0 Å². The van der Waals surface area contributed by atoms with E-state index in [1.165, 1.54) is 0 Å². The fourth-order valence-corrected chi connectivity index (χ4v) is 2.73. The van der Waals surface area contributed by atoms with E-state index in [1.807, 2.05) is 0 Å². The Kier molecular flexibility index (Phi) is 5.98. The maximum Gasteiger partial charge on any atom is 0.243 e. The summed E-state index contributed by atoms with van der Waals surface area (Å²) >= 11 is 0. The van der Waals surface area contributed by atoms with Crippen molar-refractivity contribution < 1.29 is 9.32 Å². The highest BCUT2D eigenvalue weighted by Gasteiger charge is 2.27. The molecule has 1 saturated heterocycles. The Hall–Kier alpha value is -1.47. The van der Waals surface area contributed by atoms with Crippen molar-refractivity contribution in [3.8, 4) is 0 Å². The lowest BCUT2D eigenvalue weighted by Crippen LogP contribution is -2.39. The van der Waals surface area contributed by atoms with Gasteiger partial charge in [-0.25, -0.2) is 0 Å². The predicted molar refractivity (Wildman–Crippen MR) is 92.7 cm³/mol. The van der Waals surface area contributed by atoms with Gasteiger partial charge in [-0.3, -0.25) is 14.6 Å². The zero-order chi connectivity index (χ0) is 17.9. The minimum absolute atomic E-state index is 0.0955. The van der Waals surface area contributed by atoms with Gasteiger partial charge in [0, 0.05) is 39.1 Å². The van der Waals surface area contributed by atoms with E-state index in [2.05, 4.69) is 47.6 Å². The van der Waals surface area contributed by atoms with E-state index in [4.69, 9.17) is 4.52 Å². The summed E-state index contributed by atoms with van der Waals surface area (Å²) in [5.74, 6) is 1.58. The molecule has 0 spiro atoms. The Labute approximate surface area is 145 Å². The molecule has 1 aromatic rings. The summed E-state index contributed by atoms with van der Waals surface area (Å²) in [6.07, 6.45) is 1.03. The van der Waals surface area contributed by atoms with Crippen LogP contribution in [0.4, 0.5) is 0 Å². The van der Waals surface area contributed by atoms with Gasteiger partial charge in [-0.2, -0.15) is 4.98 Å². The van der Waals surface area contributed by atoms with Gasteiger partial charge < -0.3 is 9.42 Å². The van der Waals surface area contributed by atoms with Gasteiger partial charge in [0.15, 0.2) is 5.82 Å². The maximum atomic E-state index is 11.9. The predicted octanol–water partition coefficient (Wildman–Crippen LogP) is 1.52. The molecule has 136 valence electrons. The van der Waals surface area contributed by atoms with Gasteiger partial charge in [-0.05, 0) is 19.9 Å². The fraction of sp³-hybridized carbons (Fsp3) is 0.824. The average molecular weight is 337 g/mol. The van der Waals surface area contributed by atoms with Crippen LogP contribution in [-0.2, 0) is 10.2 Å². The lowest BCUT2D eigenvalue weighted by molar-refractivity contribution is -0.129. The highest BCUT2D eigenvalue weighted by Crippen LogP contribution is 2.24. The van der Waals surface area contributed by atoms with Crippen molar-refractivity contribution >= 4 is 5.91 Å². The van der Waals surface area contributed by atoms with Crippen molar-refractivity contribution in [2.45, 2.75) is 45.6 Å². The van der Waals surface area contributed by atoms with Crippen LogP contribution >= 0.6 is 0 Å². The standard InChI is InChI=1S/C17H31N5O2/c1-13(15-18-16(19-24-15)17(2,3)4)22-9-7-8-21(10-11-22)12-14(23)20(5)6/h13H,7-12H2,1-6H3. The normalized spacial score (nSPS) is 19.1. The van der Waals surface area contributed by atoms with Gasteiger partial charge in [0.05, 0.1) is 12.6 Å². The second kappa shape index (κ2) is 7.61. The molecule has 7 heteroatoms. The van der Waals surface area contributed by atoms with Crippen LogP contribution in [0.5, 0.6) is 0 Å². The first-order valence-electron chi connectivity index (χ1n) is 8.69.